The van der Waals surface area contributed by atoms with Crippen molar-refractivity contribution in [1.29, 1.82) is 0 Å². The first-order valence-electron chi connectivity index (χ1n) is 12.1. The fourth-order valence-electron chi connectivity index (χ4n) is 4.66. The van der Waals surface area contributed by atoms with Crippen molar-refractivity contribution in [2.45, 2.75) is 32.2 Å². The minimum atomic E-state index is -0.289. The first kappa shape index (κ1) is 23.3. The van der Waals surface area contributed by atoms with Gasteiger partial charge in [-0.25, -0.2) is 9.07 Å². The molecule has 35 heavy (non-hydrogen) atoms. The Bertz CT molecular complexity index is 1300. The summed E-state index contributed by atoms with van der Waals surface area (Å²) in [6.07, 6.45) is 2.55. The lowest BCUT2D eigenvalue weighted by Crippen LogP contribution is -2.36. The standard InChI is InChI=1S/C28H29FN4O2/c1-20(21-5-3-2-4-6-21)15-26(34)17-24-16-22-18-30-33(25-9-7-23(29)8-10-25)28(22)27(31-24)19-32-11-13-35-14-12-32/h2-10,16,18,20H,11-15,17,19H2,1H3/t20-/m0/s1. The molecule has 0 N–H and O–H groups in total. The van der Waals surface area contributed by atoms with Gasteiger partial charge in [0, 0.05) is 43.6 Å². The summed E-state index contributed by atoms with van der Waals surface area (Å²) in [5.74, 6) is 0.0281. The van der Waals surface area contributed by atoms with Crippen molar-refractivity contribution in [2.75, 3.05) is 26.3 Å². The topological polar surface area (TPSA) is 60.2 Å². The number of rotatable bonds is 8. The number of hydrogen-bond donors (Lipinski definition) is 0. The third kappa shape index (κ3) is 5.47. The van der Waals surface area contributed by atoms with Crippen LogP contribution in [0.15, 0.2) is 66.9 Å². The van der Waals surface area contributed by atoms with Gasteiger partial charge >= 0.3 is 0 Å². The van der Waals surface area contributed by atoms with Crippen LogP contribution in [0.25, 0.3) is 16.6 Å². The summed E-state index contributed by atoms with van der Waals surface area (Å²) in [7, 11) is 0. The van der Waals surface area contributed by atoms with Crippen molar-refractivity contribution in [3.8, 4) is 5.69 Å². The first-order chi connectivity index (χ1) is 17.1. The van der Waals surface area contributed by atoms with Gasteiger partial charge in [-0.1, -0.05) is 37.3 Å². The molecule has 1 atom stereocenters. The molecule has 1 aliphatic heterocycles. The number of carbonyl (C=O) groups is 1. The zero-order chi connectivity index (χ0) is 24.2. The molecule has 0 unspecified atom stereocenters. The molecule has 0 spiro atoms. The molecule has 2 aromatic heterocycles. The fourth-order valence-corrected chi connectivity index (χ4v) is 4.66. The smallest absolute Gasteiger partial charge is 0.139 e. The van der Waals surface area contributed by atoms with E-state index in [2.05, 4.69) is 29.1 Å². The van der Waals surface area contributed by atoms with E-state index in [0.717, 1.165) is 46.6 Å². The summed E-state index contributed by atoms with van der Waals surface area (Å²) in [5, 5.41) is 5.51. The highest BCUT2D eigenvalue weighted by Crippen LogP contribution is 2.25. The van der Waals surface area contributed by atoms with Gasteiger partial charge in [0.15, 0.2) is 0 Å². The van der Waals surface area contributed by atoms with Crippen LogP contribution < -0.4 is 0 Å². The van der Waals surface area contributed by atoms with Crippen LogP contribution in [0, 0.1) is 5.82 Å². The SMILES string of the molecule is C[C@@H](CC(=O)Cc1cc2cnn(-c3ccc(F)cc3)c2c(CN2CCOCC2)n1)c1ccccc1. The molecule has 2 aromatic carbocycles. The number of aromatic nitrogens is 3. The van der Waals surface area contributed by atoms with Crippen molar-refractivity contribution in [2.24, 2.45) is 0 Å². The maximum absolute atomic E-state index is 13.5. The second-order valence-corrected chi connectivity index (χ2v) is 9.15. The highest BCUT2D eigenvalue weighted by molar-refractivity contribution is 5.86. The van der Waals surface area contributed by atoms with E-state index in [0.29, 0.717) is 26.2 Å². The van der Waals surface area contributed by atoms with E-state index in [1.165, 1.54) is 12.1 Å². The summed E-state index contributed by atoms with van der Waals surface area (Å²) in [6.45, 7) is 5.75. The van der Waals surface area contributed by atoms with Gasteiger partial charge in [0.2, 0.25) is 0 Å². The number of pyridine rings is 1. The van der Waals surface area contributed by atoms with Crippen LogP contribution in [-0.4, -0.2) is 51.8 Å². The average Bonchev–Trinajstić information content (AvgIpc) is 3.30. The van der Waals surface area contributed by atoms with Gasteiger partial charge in [0.25, 0.3) is 0 Å². The monoisotopic (exact) mass is 472 g/mol. The predicted octanol–water partition coefficient (Wildman–Crippen LogP) is 4.70. The number of fused-ring (bicyclic) bond motifs is 1. The van der Waals surface area contributed by atoms with E-state index in [9.17, 15) is 9.18 Å². The van der Waals surface area contributed by atoms with E-state index < -0.39 is 0 Å². The number of hydrogen-bond acceptors (Lipinski definition) is 5. The second kappa shape index (κ2) is 10.5. The van der Waals surface area contributed by atoms with E-state index in [1.54, 1.807) is 23.0 Å². The molecule has 4 aromatic rings. The number of Topliss-reactive ketones (excluding diaryl/α,β-unsaturated/α-hetero) is 1. The van der Waals surface area contributed by atoms with Crippen LogP contribution in [0.3, 0.4) is 0 Å². The van der Waals surface area contributed by atoms with Crippen molar-refractivity contribution in [3.63, 3.8) is 0 Å². The highest BCUT2D eigenvalue weighted by Gasteiger charge is 2.20. The Morgan fingerprint density at radius 2 is 1.83 bits per heavy atom. The zero-order valence-electron chi connectivity index (χ0n) is 19.9. The Morgan fingerprint density at radius 1 is 1.09 bits per heavy atom. The average molecular weight is 473 g/mol. The number of ether oxygens (including phenoxy) is 1. The second-order valence-electron chi connectivity index (χ2n) is 9.15. The van der Waals surface area contributed by atoms with Gasteiger partial charge in [0.05, 0.1) is 36.3 Å². The Kier molecular flexibility index (Phi) is 6.97. The summed E-state index contributed by atoms with van der Waals surface area (Å²) in [6, 6.07) is 18.3. The molecule has 0 saturated carbocycles. The molecule has 180 valence electrons. The lowest BCUT2D eigenvalue weighted by Gasteiger charge is -2.26. The molecule has 0 amide bonds. The van der Waals surface area contributed by atoms with Crippen LogP contribution in [0.4, 0.5) is 4.39 Å². The summed E-state index contributed by atoms with van der Waals surface area (Å²) >= 11 is 0. The minimum Gasteiger partial charge on any atom is -0.379 e. The molecular formula is C28H29FN4O2. The number of halogens is 1. The van der Waals surface area contributed by atoms with E-state index in [-0.39, 0.29) is 23.9 Å². The Hall–Kier alpha value is -3.42. The molecular weight excluding hydrogens is 443 g/mol. The summed E-state index contributed by atoms with van der Waals surface area (Å²) in [5.41, 5.74) is 4.44. The number of carbonyl (C=O) groups excluding carboxylic acids is 1. The Morgan fingerprint density at radius 3 is 2.57 bits per heavy atom. The molecule has 1 saturated heterocycles. The van der Waals surface area contributed by atoms with Gasteiger partial charge in [-0.05, 0) is 41.8 Å². The minimum absolute atomic E-state index is 0.154. The highest BCUT2D eigenvalue weighted by atomic mass is 19.1. The molecule has 6 nitrogen and oxygen atoms in total. The van der Waals surface area contributed by atoms with Crippen LogP contribution in [-0.2, 0) is 22.5 Å². The van der Waals surface area contributed by atoms with Crippen LogP contribution in [0.5, 0.6) is 0 Å². The lowest BCUT2D eigenvalue weighted by atomic mass is 9.94. The molecule has 7 heteroatoms. The van der Waals surface area contributed by atoms with Gasteiger partial charge in [-0.2, -0.15) is 5.10 Å². The first-order valence-corrected chi connectivity index (χ1v) is 12.1. The van der Waals surface area contributed by atoms with E-state index in [4.69, 9.17) is 9.72 Å². The van der Waals surface area contributed by atoms with Crippen LogP contribution >= 0.6 is 0 Å². The van der Waals surface area contributed by atoms with Crippen molar-refractivity contribution >= 4 is 16.7 Å². The maximum atomic E-state index is 13.5. The third-order valence-corrected chi connectivity index (χ3v) is 6.50. The molecule has 0 bridgehead atoms. The molecule has 3 heterocycles. The van der Waals surface area contributed by atoms with Crippen LogP contribution in [0.1, 0.15) is 36.2 Å². The molecule has 1 aliphatic rings. The van der Waals surface area contributed by atoms with Gasteiger partial charge in [-0.15, -0.1) is 0 Å². The predicted molar refractivity (Wildman–Crippen MR) is 133 cm³/mol. The third-order valence-electron chi connectivity index (χ3n) is 6.50. The fraction of sp³-hybridized carbons (Fsp3) is 0.321. The van der Waals surface area contributed by atoms with Crippen molar-refractivity contribution in [3.05, 3.63) is 89.6 Å². The zero-order valence-corrected chi connectivity index (χ0v) is 19.9. The molecule has 0 aliphatic carbocycles. The molecule has 5 rings (SSSR count). The number of ketones is 1. The van der Waals surface area contributed by atoms with Gasteiger partial charge in [-0.3, -0.25) is 14.7 Å². The van der Waals surface area contributed by atoms with Gasteiger partial charge in [0.1, 0.15) is 11.6 Å². The van der Waals surface area contributed by atoms with Crippen molar-refractivity contribution in [1.82, 2.24) is 19.7 Å². The molecule has 0 radical (unpaired) electrons. The van der Waals surface area contributed by atoms with Gasteiger partial charge < -0.3 is 4.74 Å². The molecule has 1 fully saturated rings. The normalized spacial score (nSPS) is 15.4. The number of nitrogens with zero attached hydrogens (tertiary/aromatic N) is 4. The summed E-state index contributed by atoms with van der Waals surface area (Å²) in [4.78, 5) is 20.2. The van der Waals surface area contributed by atoms with Crippen LogP contribution in [0.2, 0.25) is 0 Å². The quantitative estimate of drug-likeness (QED) is 0.372. The number of morpholine rings is 1. The summed E-state index contributed by atoms with van der Waals surface area (Å²) < 4.78 is 20.8. The van der Waals surface area contributed by atoms with E-state index in [1.807, 2.05) is 24.3 Å². The Labute approximate surface area is 204 Å². The lowest BCUT2D eigenvalue weighted by molar-refractivity contribution is -0.118. The Balaban J connectivity index is 1.44. The van der Waals surface area contributed by atoms with E-state index >= 15 is 0 Å². The maximum Gasteiger partial charge on any atom is 0.139 e. The van der Waals surface area contributed by atoms with Crippen molar-refractivity contribution < 1.29 is 13.9 Å². The number of benzene rings is 2. The largest absolute Gasteiger partial charge is 0.379 e.